The molecule has 0 aromatic carbocycles. The van der Waals surface area contributed by atoms with Gasteiger partial charge in [0.25, 0.3) is 0 Å². The fourth-order valence-corrected chi connectivity index (χ4v) is 2.75. The van der Waals surface area contributed by atoms with Crippen molar-refractivity contribution >= 4 is 0 Å². The van der Waals surface area contributed by atoms with E-state index in [1.165, 1.54) is 12.8 Å². The molecule has 0 bridgehead atoms. The van der Waals surface area contributed by atoms with Crippen LogP contribution in [-0.2, 0) is 9.47 Å². The molecule has 1 unspecified atom stereocenters. The van der Waals surface area contributed by atoms with Crippen molar-refractivity contribution in [3.63, 3.8) is 0 Å². The normalized spacial score (nSPS) is 27.1. The predicted octanol–water partition coefficient (Wildman–Crippen LogP) is 1.15. The molecule has 1 atom stereocenters. The van der Waals surface area contributed by atoms with Crippen molar-refractivity contribution in [2.45, 2.75) is 37.6 Å². The summed E-state index contributed by atoms with van der Waals surface area (Å²) in [6.07, 6.45) is 6.48. The fourth-order valence-electron chi connectivity index (χ4n) is 2.75. The molecule has 2 aliphatic rings. The van der Waals surface area contributed by atoms with Crippen molar-refractivity contribution in [3.05, 3.63) is 12.7 Å². The molecule has 1 saturated carbocycles. The van der Waals surface area contributed by atoms with Gasteiger partial charge in [0.05, 0.1) is 19.3 Å². The number of hydrogen-bond donors (Lipinski definition) is 1. The Balaban J connectivity index is 1.80. The van der Waals surface area contributed by atoms with Gasteiger partial charge in [0, 0.05) is 32.5 Å². The largest absolute Gasteiger partial charge is 0.395 e. The lowest BCUT2D eigenvalue weighted by Crippen LogP contribution is -2.37. The molecule has 4 nitrogen and oxygen atoms in total. The highest BCUT2D eigenvalue weighted by Gasteiger charge is 2.43. The van der Waals surface area contributed by atoms with Gasteiger partial charge in [0.2, 0.25) is 0 Å². The van der Waals surface area contributed by atoms with Gasteiger partial charge in [0.1, 0.15) is 0 Å². The molecule has 1 saturated heterocycles. The average molecular weight is 241 g/mol. The minimum Gasteiger partial charge on any atom is -0.395 e. The van der Waals surface area contributed by atoms with Gasteiger partial charge < -0.3 is 14.6 Å². The summed E-state index contributed by atoms with van der Waals surface area (Å²) in [7, 11) is 0. The summed E-state index contributed by atoms with van der Waals surface area (Å²) < 4.78 is 11.9. The molecule has 1 N–H and O–H groups in total. The first-order chi connectivity index (χ1) is 8.28. The maximum atomic E-state index is 8.99. The zero-order valence-corrected chi connectivity index (χ0v) is 10.4. The number of ether oxygens (including phenoxy) is 2. The van der Waals surface area contributed by atoms with E-state index in [0.717, 1.165) is 25.9 Å². The number of aliphatic hydroxyl groups is 1. The third-order valence-electron chi connectivity index (χ3n) is 3.54. The van der Waals surface area contributed by atoms with Gasteiger partial charge in [-0.1, -0.05) is 6.08 Å². The maximum Gasteiger partial charge on any atom is 0.168 e. The molecule has 2 fully saturated rings. The van der Waals surface area contributed by atoms with Crippen LogP contribution in [0.5, 0.6) is 0 Å². The second kappa shape index (κ2) is 5.96. The van der Waals surface area contributed by atoms with Crippen LogP contribution in [-0.4, -0.2) is 54.7 Å². The molecule has 98 valence electrons. The molecule has 1 aliphatic carbocycles. The monoisotopic (exact) mass is 241 g/mol. The van der Waals surface area contributed by atoms with Crippen LogP contribution in [0.2, 0.25) is 0 Å². The van der Waals surface area contributed by atoms with E-state index in [-0.39, 0.29) is 18.5 Å². The smallest absolute Gasteiger partial charge is 0.168 e. The van der Waals surface area contributed by atoms with Gasteiger partial charge in [-0.2, -0.15) is 0 Å². The van der Waals surface area contributed by atoms with Crippen LogP contribution in [0.1, 0.15) is 25.7 Å². The van der Waals surface area contributed by atoms with E-state index >= 15 is 0 Å². The molecule has 17 heavy (non-hydrogen) atoms. The topological polar surface area (TPSA) is 41.9 Å². The molecule has 1 aliphatic heterocycles. The molecule has 1 spiro atoms. The zero-order valence-electron chi connectivity index (χ0n) is 10.4. The Morgan fingerprint density at radius 1 is 1.41 bits per heavy atom. The van der Waals surface area contributed by atoms with Gasteiger partial charge in [-0.15, -0.1) is 6.58 Å². The number of hydrogen-bond acceptors (Lipinski definition) is 4. The van der Waals surface area contributed by atoms with Crippen LogP contribution in [0.3, 0.4) is 0 Å². The zero-order chi connectivity index (χ0) is 12.1. The van der Waals surface area contributed by atoms with Crippen LogP contribution >= 0.6 is 0 Å². The average Bonchev–Trinajstić information content (AvgIpc) is 2.91. The van der Waals surface area contributed by atoms with E-state index in [1.54, 1.807) is 0 Å². The number of aliphatic hydroxyl groups excluding tert-OH is 1. The van der Waals surface area contributed by atoms with E-state index in [0.29, 0.717) is 13.2 Å². The van der Waals surface area contributed by atoms with Crippen molar-refractivity contribution < 1.29 is 14.6 Å². The van der Waals surface area contributed by atoms with Gasteiger partial charge >= 0.3 is 0 Å². The maximum absolute atomic E-state index is 8.99. The summed E-state index contributed by atoms with van der Waals surface area (Å²) in [6.45, 7) is 6.85. The van der Waals surface area contributed by atoms with E-state index < -0.39 is 0 Å². The molecule has 0 aromatic heterocycles. The Morgan fingerprint density at radius 2 is 2.18 bits per heavy atom. The number of rotatable bonds is 6. The summed E-state index contributed by atoms with van der Waals surface area (Å²) in [6, 6.07) is 0. The molecular formula is C13H23NO3. The SMILES string of the molecule is C=CCN(CCO)CC1COC2(CCCC2)O1. The van der Waals surface area contributed by atoms with Gasteiger partial charge in [-0.25, -0.2) is 0 Å². The fraction of sp³-hybridized carbons (Fsp3) is 0.846. The molecular weight excluding hydrogens is 218 g/mol. The van der Waals surface area contributed by atoms with Gasteiger partial charge in [-0.3, -0.25) is 4.90 Å². The van der Waals surface area contributed by atoms with Crippen LogP contribution in [0.25, 0.3) is 0 Å². The lowest BCUT2D eigenvalue weighted by atomic mass is 10.2. The third-order valence-corrected chi connectivity index (χ3v) is 3.54. The summed E-state index contributed by atoms with van der Waals surface area (Å²) >= 11 is 0. The first-order valence-corrected chi connectivity index (χ1v) is 6.54. The molecule has 0 aromatic rings. The second-order valence-corrected chi connectivity index (χ2v) is 4.94. The van der Waals surface area contributed by atoms with Crippen molar-refractivity contribution in [1.29, 1.82) is 0 Å². The van der Waals surface area contributed by atoms with E-state index in [4.69, 9.17) is 14.6 Å². The summed E-state index contributed by atoms with van der Waals surface area (Å²) in [5, 5.41) is 8.99. The Kier molecular flexibility index (Phi) is 4.56. The molecule has 4 heteroatoms. The second-order valence-electron chi connectivity index (χ2n) is 4.94. The van der Waals surface area contributed by atoms with Crippen molar-refractivity contribution in [2.75, 3.05) is 32.8 Å². The highest BCUT2D eigenvalue weighted by Crippen LogP contribution is 2.39. The number of nitrogens with zero attached hydrogens (tertiary/aromatic N) is 1. The van der Waals surface area contributed by atoms with Gasteiger partial charge in [0.15, 0.2) is 5.79 Å². The first-order valence-electron chi connectivity index (χ1n) is 6.54. The van der Waals surface area contributed by atoms with Crippen molar-refractivity contribution in [3.8, 4) is 0 Å². The van der Waals surface area contributed by atoms with Crippen LogP contribution in [0.15, 0.2) is 12.7 Å². The van der Waals surface area contributed by atoms with Crippen LogP contribution in [0, 0.1) is 0 Å². The molecule has 2 rings (SSSR count). The van der Waals surface area contributed by atoms with Crippen molar-refractivity contribution in [1.82, 2.24) is 4.90 Å². The molecule has 0 radical (unpaired) electrons. The standard InChI is InChI=1S/C13H23NO3/c1-2-7-14(8-9-15)10-12-11-16-13(17-12)5-3-4-6-13/h2,12,15H,1,3-11H2. The van der Waals surface area contributed by atoms with Gasteiger partial charge in [-0.05, 0) is 12.8 Å². The quantitative estimate of drug-likeness (QED) is 0.708. The first kappa shape index (κ1) is 13.0. The Bertz CT molecular complexity index is 251. The van der Waals surface area contributed by atoms with E-state index in [9.17, 15) is 0 Å². The minimum absolute atomic E-state index is 0.139. The van der Waals surface area contributed by atoms with Crippen LogP contribution in [0.4, 0.5) is 0 Å². The van der Waals surface area contributed by atoms with E-state index in [2.05, 4.69) is 11.5 Å². The summed E-state index contributed by atoms with van der Waals surface area (Å²) in [5.74, 6) is -0.274. The molecule has 0 amide bonds. The molecule has 1 heterocycles. The summed E-state index contributed by atoms with van der Waals surface area (Å²) in [4.78, 5) is 2.15. The van der Waals surface area contributed by atoms with E-state index in [1.807, 2.05) is 6.08 Å². The summed E-state index contributed by atoms with van der Waals surface area (Å²) in [5.41, 5.74) is 0. The Morgan fingerprint density at radius 3 is 2.82 bits per heavy atom. The highest BCUT2D eigenvalue weighted by molar-refractivity contribution is 4.86. The lowest BCUT2D eigenvalue weighted by Gasteiger charge is -2.25. The predicted molar refractivity (Wildman–Crippen MR) is 65.7 cm³/mol. The van der Waals surface area contributed by atoms with Crippen molar-refractivity contribution in [2.24, 2.45) is 0 Å². The highest BCUT2D eigenvalue weighted by atomic mass is 16.7. The lowest BCUT2D eigenvalue weighted by molar-refractivity contribution is -0.163. The minimum atomic E-state index is -0.274. The Hall–Kier alpha value is -0.420. The Labute approximate surface area is 103 Å². The third kappa shape index (κ3) is 3.28. The van der Waals surface area contributed by atoms with Crippen LogP contribution < -0.4 is 0 Å².